The third kappa shape index (κ3) is 2.86. The van der Waals surface area contributed by atoms with Gasteiger partial charge in [0, 0.05) is 12.7 Å². The molecule has 3 N–H and O–H groups in total. The number of nitrogen functional groups attached to an aromatic ring is 1. The number of nitrogens with two attached hydrogens (primary N) is 1. The average Bonchev–Trinajstić information content (AvgIpc) is 2.85. The molecule has 0 unspecified atom stereocenters. The standard InChI is InChI=1S/C11H15N5OS/c1-7-10(18-8(2)15-7)11(17)13-3-4-16-6-9(12)5-14-16/h5-6H,3-4,12H2,1-2H3,(H,13,17). The molecule has 0 saturated heterocycles. The summed E-state index contributed by atoms with van der Waals surface area (Å²) in [5, 5.41) is 7.78. The van der Waals surface area contributed by atoms with Crippen LogP contribution in [0.25, 0.3) is 0 Å². The van der Waals surface area contributed by atoms with Crippen molar-refractivity contribution in [3.63, 3.8) is 0 Å². The van der Waals surface area contributed by atoms with E-state index in [2.05, 4.69) is 15.4 Å². The summed E-state index contributed by atoms with van der Waals surface area (Å²) in [5.41, 5.74) is 6.94. The van der Waals surface area contributed by atoms with Crippen LogP contribution in [0.5, 0.6) is 0 Å². The van der Waals surface area contributed by atoms with E-state index in [-0.39, 0.29) is 5.91 Å². The van der Waals surface area contributed by atoms with Crippen molar-refractivity contribution in [2.45, 2.75) is 20.4 Å². The van der Waals surface area contributed by atoms with E-state index in [1.807, 2.05) is 13.8 Å². The largest absolute Gasteiger partial charge is 0.396 e. The highest BCUT2D eigenvalue weighted by Gasteiger charge is 2.12. The van der Waals surface area contributed by atoms with Crippen molar-refractivity contribution in [2.24, 2.45) is 0 Å². The molecule has 18 heavy (non-hydrogen) atoms. The Bertz CT molecular complexity index is 560. The van der Waals surface area contributed by atoms with Gasteiger partial charge in [-0.2, -0.15) is 5.10 Å². The lowest BCUT2D eigenvalue weighted by molar-refractivity contribution is 0.0955. The molecule has 6 nitrogen and oxygen atoms in total. The molecule has 0 bridgehead atoms. The summed E-state index contributed by atoms with van der Waals surface area (Å²) in [6.07, 6.45) is 3.31. The zero-order valence-corrected chi connectivity index (χ0v) is 11.1. The lowest BCUT2D eigenvalue weighted by Crippen LogP contribution is -2.27. The Labute approximate surface area is 109 Å². The molecular formula is C11H15N5OS. The van der Waals surface area contributed by atoms with Crippen LogP contribution in [0.1, 0.15) is 20.4 Å². The van der Waals surface area contributed by atoms with Crippen LogP contribution in [-0.4, -0.2) is 27.2 Å². The Kier molecular flexibility index (Phi) is 3.61. The van der Waals surface area contributed by atoms with Crippen molar-refractivity contribution >= 4 is 22.9 Å². The molecule has 2 aromatic rings. The number of carbonyl (C=O) groups is 1. The van der Waals surface area contributed by atoms with Crippen molar-refractivity contribution in [1.82, 2.24) is 20.1 Å². The minimum atomic E-state index is -0.0850. The number of hydrogen-bond acceptors (Lipinski definition) is 5. The number of nitrogens with one attached hydrogen (secondary N) is 1. The fraction of sp³-hybridized carbons (Fsp3) is 0.364. The predicted octanol–water partition coefficient (Wildman–Crippen LogP) is 0.969. The van der Waals surface area contributed by atoms with Crippen LogP contribution in [0, 0.1) is 13.8 Å². The summed E-state index contributed by atoms with van der Waals surface area (Å²) >= 11 is 1.41. The molecule has 2 heterocycles. The SMILES string of the molecule is Cc1nc(C)c(C(=O)NCCn2cc(N)cn2)s1. The van der Waals surface area contributed by atoms with E-state index in [1.54, 1.807) is 17.1 Å². The van der Waals surface area contributed by atoms with Crippen molar-refractivity contribution in [2.75, 3.05) is 12.3 Å². The fourth-order valence-electron chi connectivity index (χ4n) is 1.61. The van der Waals surface area contributed by atoms with Crippen molar-refractivity contribution in [3.05, 3.63) is 28.0 Å². The number of aryl methyl sites for hydroxylation is 2. The van der Waals surface area contributed by atoms with E-state index in [0.717, 1.165) is 10.7 Å². The monoisotopic (exact) mass is 265 g/mol. The quantitative estimate of drug-likeness (QED) is 0.862. The van der Waals surface area contributed by atoms with Crippen LogP contribution in [0.4, 0.5) is 5.69 Å². The normalized spacial score (nSPS) is 10.6. The van der Waals surface area contributed by atoms with Crippen LogP contribution in [0.3, 0.4) is 0 Å². The molecule has 7 heteroatoms. The zero-order chi connectivity index (χ0) is 13.1. The second-order valence-electron chi connectivity index (χ2n) is 3.94. The van der Waals surface area contributed by atoms with E-state index in [4.69, 9.17) is 5.73 Å². The minimum Gasteiger partial charge on any atom is -0.396 e. The summed E-state index contributed by atoms with van der Waals surface area (Å²) in [7, 11) is 0. The van der Waals surface area contributed by atoms with Gasteiger partial charge < -0.3 is 11.1 Å². The number of hydrogen-bond donors (Lipinski definition) is 2. The Morgan fingerprint density at radius 1 is 1.56 bits per heavy atom. The van der Waals surface area contributed by atoms with E-state index in [9.17, 15) is 4.79 Å². The smallest absolute Gasteiger partial charge is 0.263 e. The van der Waals surface area contributed by atoms with Gasteiger partial charge in [-0.1, -0.05) is 0 Å². The van der Waals surface area contributed by atoms with Crippen LogP contribution in [0.2, 0.25) is 0 Å². The molecule has 96 valence electrons. The predicted molar refractivity (Wildman–Crippen MR) is 70.6 cm³/mol. The van der Waals surface area contributed by atoms with Crippen LogP contribution >= 0.6 is 11.3 Å². The number of aromatic nitrogens is 3. The second-order valence-corrected chi connectivity index (χ2v) is 5.14. The Morgan fingerprint density at radius 3 is 2.89 bits per heavy atom. The molecule has 0 aromatic carbocycles. The number of amides is 1. The lowest BCUT2D eigenvalue weighted by atomic mass is 10.4. The molecule has 0 saturated carbocycles. The molecule has 0 aliphatic carbocycles. The van der Waals surface area contributed by atoms with E-state index in [1.165, 1.54) is 11.3 Å². The van der Waals surface area contributed by atoms with Gasteiger partial charge in [-0.3, -0.25) is 9.48 Å². The molecule has 2 rings (SSSR count). The zero-order valence-electron chi connectivity index (χ0n) is 10.3. The maximum atomic E-state index is 11.9. The first kappa shape index (κ1) is 12.6. The molecule has 2 aromatic heterocycles. The highest BCUT2D eigenvalue weighted by molar-refractivity contribution is 7.13. The van der Waals surface area contributed by atoms with Gasteiger partial charge in [-0.15, -0.1) is 11.3 Å². The molecule has 1 amide bonds. The lowest BCUT2D eigenvalue weighted by Gasteiger charge is -2.04. The average molecular weight is 265 g/mol. The maximum absolute atomic E-state index is 11.9. The number of carbonyl (C=O) groups excluding carboxylic acids is 1. The van der Waals surface area contributed by atoms with Crippen molar-refractivity contribution < 1.29 is 4.79 Å². The van der Waals surface area contributed by atoms with Gasteiger partial charge in [0.1, 0.15) is 4.88 Å². The minimum absolute atomic E-state index is 0.0850. The van der Waals surface area contributed by atoms with Crippen LogP contribution in [0.15, 0.2) is 12.4 Å². The molecular weight excluding hydrogens is 250 g/mol. The fourth-order valence-corrected chi connectivity index (χ4v) is 2.44. The third-order valence-corrected chi connectivity index (χ3v) is 3.46. The molecule has 0 radical (unpaired) electrons. The first-order chi connectivity index (χ1) is 8.56. The molecule has 0 aliphatic heterocycles. The Morgan fingerprint density at radius 2 is 2.33 bits per heavy atom. The van der Waals surface area contributed by atoms with Gasteiger partial charge in [0.05, 0.1) is 29.1 Å². The second kappa shape index (κ2) is 5.18. The number of rotatable bonds is 4. The summed E-state index contributed by atoms with van der Waals surface area (Å²) in [4.78, 5) is 16.8. The van der Waals surface area contributed by atoms with Gasteiger partial charge in [0.15, 0.2) is 0 Å². The number of anilines is 1. The van der Waals surface area contributed by atoms with Gasteiger partial charge in [-0.05, 0) is 13.8 Å². The molecule has 0 fully saturated rings. The molecule has 0 spiro atoms. The first-order valence-electron chi connectivity index (χ1n) is 5.56. The van der Waals surface area contributed by atoms with Crippen molar-refractivity contribution in [3.8, 4) is 0 Å². The first-order valence-corrected chi connectivity index (χ1v) is 6.38. The summed E-state index contributed by atoms with van der Waals surface area (Å²) < 4.78 is 1.69. The summed E-state index contributed by atoms with van der Waals surface area (Å²) in [6.45, 7) is 4.84. The van der Waals surface area contributed by atoms with Gasteiger partial charge in [0.25, 0.3) is 5.91 Å². The van der Waals surface area contributed by atoms with Gasteiger partial charge in [0.2, 0.25) is 0 Å². The highest BCUT2D eigenvalue weighted by Crippen LogP contribution is 2.16. The summed E-state index contributed by atoms with van der Waals surface area (Å²) in [6, 6.07) is 0. The highest BCUT2D eigenvalue weighted by atomic mass is 32.1. The number of nitrogens with zero attached hydrogens (tertiary/aromatic N) is 3. The summed E-state index contributed by atoms with van der Waals surface area (Å²) in [5.74, 6) is -0.0850. The number of thiazole rings is 1. The van der Waals surface area contributed by atoms with Crippen LogP contribution < -0.4 is 11.1 Å². The van der Waals surface area contributed by atoms with Gasteiger partial charge >= 0.3 is 0 Å². The third-order valence-electron chi connectivity index (χ3n) is 2.39. The van der Waals surface area contributed by atoms with Crippen LogP contribution in [-0.2, 0) is 6.54 Å². The maximum Gasteiger partial charge on any atom is 0.263 e. The van der Waals surface area contributed by atoms with Crippen molar-refractivity contribution in [1.29, 1.82) is 0 Å². The van der Waals surface area contributed by atoms with E-state index < -0.39 is 0 Å². The molecule has 0 atom stereocenters. The topological polar surface area (TPSA) is 85.8 Å². The van der Waals surface area contributed by atoms with Gasteiger partial charge in [-0.25, -0.2) is 4.98 Å². The van der Waals surface area contributed by atoms with E-state index in [0.29, 0.717) is 23.7 Å². The van der Waals surface area contributed by atoms with E-state index >= 15 is 0 Å². The Hall–Kier alpha value is -1.89. The Balaban J connectivity index is 1.87. The molecule has 0 aliphatic rings.